The maximum atomic E-state index is 12.1. The number of aliphatic carboxylic acids is 1. The number of carbonyl (C=O) groups excluding carboxylic acids is 2. The number of nitrogens with zero attached hydrogens (tertiary/aromatic N) is 2. The molecule has 2 amide bonds. The Labute approximate surface area is 118 Å². The van der Waals surface area contributed by atoms with Crippen molar-refractivity contribution in [3.63, 3.8) is 0 Å². The highest BCUT2D eigenvalue weighted by atomic mass is 16.4. The van der Waals surface area contributed by atoms with E-state index < -0.39 is 17.6 Å². The number of rotatable bonds is 4. The number of likely N-dealkylation sites (N-methyl/N-ethyl adjacent to an activating group) is 2. The Morgan fingerprint density at radius 3 is 2.40 bits per heavy atom. The van der Waals surface area contributed by atoms with Crippen molar-refractivity contribution in [3.05, 3.63) is 0 Å². The molecule has 1 saturated heterocycles. The van der Waals surface area contributed by atoms with Gasteiger partial charge in [0.25, 0.3) is 0 Å². The van der Waals surface area contributed by atoms with Gasteiger partial charge in [-0.15, -0.1) is 0 Å². The minimum Gasteiger partial charge on any atom is -0.481 e. The van der Waals surface area contributed by atoms with E-state index in [1.54, 1.807) is 7.05 Å². The number of carboxylic acids is 1. The van der Waals surface area contributed by atoms with Gasteiger partial charge in [0.2, 0.25) is 11.8 Å². The maximum absolute atomic E-state index is 12.1. The predicted octanol–water partition coefficient (Wildman–Crippen LogP) is 0.853. The van der Waals surface area contributed by atoms with Gasteiger partial charge in [0.05, 0.1) is 18.9 Å². The minimum atomic E-state index is -0.844. The summed E-state index contributed by atoms with van der Waals surface area (Å²) in [7, 11) is 3.28. The van der Waals surface area contributed by atoms with E-state index in [0.717, 1.165) is 37.0 Å². The van der Waals surface area contributed by atoms with Crippen molar-refractivity contribution in [2.45, 2.75) is 56.5 Å². The zero-order valence-corrected chi connectivity index (χ0v) is 12.1. The van der Waals surface area contributed by atoms with Crippen LogP contribution in [0.25, 0.3) is 0 Å². The van der Waals surface area contributed by atoms with E-state index in [1.807, 2.05) is 4.90 Å². The quantitative estimate of drug-likeness (QED) is 0.774. The smallest absolute Gasteiger partial charge is 0.305 e. The molecule has 0 spiro atoms. The van der Waals surface area contributed by atoms with Crippen molar-refractivity contribution < 1.29 is 19.5 Å². The summed E-state index contributed by atoms with van der Waals surface area (Å²) in [5, 5.41) is 9.20. The van der Waals surface area contributed by atoms with Gasteiger partial charge in [-0.2, -0.15) is 0 Å². The average Bonchev–Trinajstić information content (AvgIpc) is 2.66. The lowest BCUT2D eigenvalue weighted by molar-refractivity contribution is -0.145. The zero-order chi connectivity index (χ0) is 14.9. The molecule has 2 rings (SSSR count). The molecule has 0 aromatic carbocycles. The summed E-state index contributed by atoms with van der Waals surface area (Å²) < 4.78 is 0. The van der Waals surface area contributed by atoms with Gasteiger partial charge in [-0.1, -0.05) is 19.3 Å². The van der Waals surface area contributed by atoms with Gasteiger partial charge in [-0.05, 0) is 19.9 Å². The lowest BCUT2D eigenvalue weighted by Gasteiger charge is -2.45. The van der Waals surface area contributed by atoms with Gasteiger partial charge >= 0.3 is 5.97 Å². The second kappa shape index (κ2) is 5.52. The first kappa shape index (κ1) is 15.0. The van der Waals surface area contributed by atoms with Gasteiger partial charge < -0.3 is 5.11 Å². The van der Waals surface area contributed by atoms with Crippen LogP contribution >= 0.6 is 0 Å². The fourth-order valence-electron chi connectivity index (χ4n) is 3.51. The highest BCUT2D eigenvalue weighted by molar-refractivity contribution is 6.05. The monoisotopic (exact) mass is 282 g/mol. The third-order valence-electron chi connectivity index (χ3n) is 4.84. The topological polar surface area (TPSA) is 77.9 Å². The summed E-state index contributed by atoms with van der Waals surface area (Å²) in [5.74, 6) is -1.25. The van der Waals surface area contributed by atoms with Crippen molar-refractivity contribution in [1.82, 2.24) is 9.80 Å². The van der Waals surface area contributed by atoms with E-state index in [9.17, 15) is 19.5 Å². The molecule has 1 saturated carbocycles. The van der Waals surface area contributed by atoms with E-state index in [0.29, 0.717) is 0 Å². The van der Waals surface area contributed by atoms with Crippen LogP contribution in [0.15, 0.2) is 0 Å². The largest absolute Gasteiger partial charge is 0.481 e. The van der Waals surface area contributed by atoms with E-state index in [4.69, 9.17) is 0 Å². The molecule has 6 nitrogen and oxygen atoms in total. The van der Waals surface area contributed by atoms with E-state index in [2.05, 4.69) is 0 Å². The number of hydrogen-bond acceptors (Lipinski definition) is 4. The van der Waals surface area contributed by atoms with Crippen molar-refractivity contribution in [2.24, 2.45) is 0 Å². The van der Waals surface area contributed by atoms with E-state index in [1.165, 1.54) is 7.05 Å². The van der Waals surface area contributed by atoms with Crippen molar-refractivity contribution in [2.75, 3.05) is 14.1 Å². The van der Waals surface area contributed by atoms with Gasteiger partial charge in [0.15, 0.2) is 0 Å². The van der Waals surface area contributed by atoms with Crippen LogP contribution in [-0.4, -0.2) is 58.4 Å². The fraction of sp³-hybridized carbons (Fsp3) is 0.786. The number of hydrogen-bond donors (Lipinski definition) is 1. The molecular weight excluding hydrogens is 260 g/mol. The summed E-state index contributed by atoms with van der Waals surface area (Å²) in [6.45, 7) is 0. The third kappa shape index (κ3) is 2.57. The first-order valence-electron chi connectivity index (χ1n) is 7.12. The van der Waals surface area contributed by atoms with Crippen LogP contribution in [0, 0.1) is 0 Å². The van der Waals surface area contributed by atoms with Crippen molar-refractivity contribution in [3.8, 4) is 0 Å². The number of likely N-dealkylation sites (tertiary alicyclic amines) is 1. The van der Waals surface area contributed by atoms with Crippen molar-refractivity contribution >= 4 is 17.8 Å². The van der Waals surface area contributed by atoms with Crippen LogP contribution < -0.4 is 0 Å². The molecule has 1 N–H and O–H groups in total. The SMILES string of the molecule is CN1C(=O)CC(N(C)C2(CC(=O)O)CCCCC2)C1=O. The minimum absolute atomic E-state index is 0.0329. The Kier molecular flexibility index (Phi) is 4.13. The normalized spacial score (nSPS) is 26.4. The molecule has 1 aliphatic carbocycles. The maximum Gasteiger partial charge on any atom is 0.305 e. The Hall–Kier alpha value is -1.43. The average molecular weight is 282 g/mol. The first-order chi connectivity index (χ1) is 9.37. The number of amides is 2. The van der Waals surface area contributed by atoms with E-state index >= 15 is 0 Å². The standard InChI is InChI=1S/C14H22N2O4/c1-15-11(17)8-10(13(15)20)16(2)14(9-12(18)19)6-4-3-5-7-14/h10H,3-9H2,1-2H3,(H,18,19). The Balaban J connectivity index is 2.22. The van der Waals surface area contributed by atoms with Crippen LogP contribution in [0.3, 0.4) is 0 Å². The van der Waals surface area contributed by atoms with Crippen LogP contribution in [0.2, 0.25) is 0 Å². The van der Waals surface area contributed by atoms with E-state index in [-0.39, 0.29) is 24.7 Å². The van der Waals surface area contributed by atoms with Crippen molar-refractivity contribution in [1.29, 1.82) is 0 Å². The molecule has 0 aromatic heterocycles. The Morgan fingerprint density at radius 2 is 1.95 bits per heavy atom. The lowest BCUT2D eigenvalue weighted by Crippen LogP contribution is -2.55. The second-order valence-electron chi connectivity index (χ2n) is 5.98. The molecular formula is C14H22N2O4. The molecule has 0 aromatic rings. The number of carboxylic acid groups (broad SMARTS) is 1. The second-order valence-corrected chi connectivity index (χ2v) is 5.98. The fourth-order valence-corrected chi connectivity index (χ4v) is 3.51. The summed E-state index contributed by atoms with van der Waals surface area (Å²) in [4.78, 5) is 38.0. The Morgan fingerprint density at radius 1 is 1.35 bits per heavy atom. The molecule has 1 atom stereocenters. The summed E-state index contributed by atoms with van der Waals surface area (Å²) >= 11 is 0. The van der Waals surface area contributed by atoms with Crippen LogP contribution in [0.5, 0.6) is 0 Å². The zero-order valence-electron chi connectivity index (χ0n) is 12.1. The molecule has 1 unspecified atom stereocenters. The van der Waals surface area contributed by atoms with Gasteiger partial charge in [-0.3, -0.25) is 24.2 Å². The molecule has 1 heterocycles. The third-order valence-corrected chi connectivity index (χ3v) is 4.84. The molecule has 20 heavy (non-hydrogen) atoms. The Bertz CT molecular complexity index is 429. The summed E-state index contributed by atoms with van der Waals surface area (Å²) in [6, 6.07) is -0.509. The van der Waals surface area contributed by atoms with Crippen LogP contribution in [-0.2, 0) is 14.4 Å². The van der Waals surface area contributed by atoms with Gasteiger partial charge in [0.1, 0.15) is 0 Å². The molecule has 2 aliphatic rings. The number of imide groups is 1. The van der Waals surface area contributed by atoms with Crippen LogP contribution in [0.1, 0.15) is 44.9 Å². The summed E-state index contributed by atoms with van der Waals surface area (Å²) in [5.41, 5.74) is -0.490. The molecule has 2 fully saturated rings. The molecule has 0 radical (unpaired) electrons. The predicted molar refractivity (Wildman–Crippen MR) is 72.0 cm³/mol. The summed E-state index contributed by atoms with van der Waals surface area (Å²) in [6.07, 6.45) is 4.80. The first-order valence-corrected chi connectivity index (χ1v) is 7.12. The van der Waals surface area contributed by atoms with Gasteiger partial charge in [-0.25, -0.2) is 0 Å². The molecule has 6 heteroatoms. The highest BCUT2D eigenvalue weighted by Crippen LogP contribution is 2.38. The lowest BCUT2D eigenvalue weighted by atomic mass is 9.77. The molecule has 0 bridgehead atoms. The van der Waals surface area contributed by atoms with Gasteiger partial charge in [0, 0.05) is 12.6 Å². The number of carbonyl (C=O) groups is 3. The molecule has 1 aliphatic heterocycles. The highest BCUT2D eigenvalue weighted by Gasteiger charge is 2.47. The van der Waals surface area contributed by atoms with Crippen LogP contribution in [0.4, 0.5) is 0 Å². The molecule has 112 valence electrons.